The van der Waals surface area contributed by atoms with E-state index in [9.17, 15) is 4.79 Å². The zero-order valence-corrected chi connectivity index (χ0v) is 13.5. The Morgan fingerprint density at radius 2 is 1.64 bits per heavy atom. The molecule has 0 aromatic heterocycles. The highest BCUT2D eigenvalue weighted by Gasteiger charge is 2.17. The van der Waals surface area contributed by atoms with Crippen molar-refractivity contribution in [2.24, 2.45) is 0 Å². The molecule has 6 heteroatoms. The maximum atomic E-state index is 12.3. The van der Waals surface area contributed by atoms with Gasteiger partial charge in [0.2, 0.25) is 5.75 Å². The molecule has 6 nitrogen and oxygen atoms in total. The van der Waals surface area contributed by atoms with Gasteiger partial charge in [0, 0.05) is 5.56 Å². The third-order valence-electron chi connectivity index (χ3n) is 3.84. The van der Waals surface area contributed by atoms with E-state index in [0.29, 0.717) is 29.5 Å². The molecule has 122 valence electrons. The van der Waals surface area contributed by atoms with Gasteiger partial charge in [-0.2, -0.15) is 0 Å². The summed E-state index contributed by atoms with van der Waals surface area (Å²) >= 11 is 0. The number of likely N-dealkylation sites (tertiary alicyclic amines) is 1. The Balaban J connectivity index is 2.08. The molecule has 0 saturated carbocycles. The van der Waals surface area contributed by atoms with Gasteiger partial charge in [0.25, 0.3) is 5.91 Å². The van der Waals surface area contributed by atoms with Crippen molar-refractivity contribution < 1.29 is 19.0 Å². The van der Waals surface area contributed by atoms with Gasteiger partial charge in [0.05, 0.1) is 28.0 Å². The second-order valence-electron chi connectivity index (χ2n) is 5.26. The Morgan fingerprint density at radius 1 is 1.05 bits per heavy atom. The molecule has 0 aliphatic carbocycles. The van der Waals surface area contributed by atoms with Crippen LogP contribution in [-0.4, -0.2) is 51.9 Å². The SMILES string of the molecule is COc1cc(C(=O)NCN2CCCCC2)cc(OC)c1OC. The molecule has 0 atom stereocenters. The van der Waals surface area contributed by atoms with Crippen LogP contribution in [0.2, 0.25) is 0 Å². The number of carbonyl (C=O) groups excluding carboxylic acids is 1. The molecule has 1 saturated heterocycles. The number of piperidine rings is 1. The van der Waals surface area contributed by atoms with Gasteiger partial charge in [-0.15, -0.1) is 0 Å². The predicted molar refractivity (Wildman–Crippen MR) is 83.9 cm³/mol. The smallest absolute Gasteiger partial charge is 0.252 e. The van der Waals surface area contributed by atoms with Gasteiger partial charge in [-0.25, -0.2) is 0 Å². The number of hydrogen-bond acceptors (Lipinski definition) is 5. The van der Waals surface area contributed by atoms with E-state index < -0.39 is 0 Å². The van der Waals surface area contributed by atoms with E-state index in [4.69, 9.17) is 14.2 Å². The van der Waals surface area contributed by atoms with Crippen LogP contribution in [0.25, 0.3) is 0 Å². The lowest BCUT2D eigenvalue weighted by Crippen LogP contribution is -2.40. The number of methoxy groups -OCH3 is 3. The lowest BCUT2D eigenvalue weighted by molar-refractivity contribution is 0.0913. The largest absolute Gasteiger partial charge is 0.493 e. The number of amides is 1. The predicted octanol–water partition coefficient (Wildman–Crippen LogP) is 1.89. The first kappa shape index (κ1) is 16.4. The van der Waals surface area contributed by atoms with Crippen molar-refractivity contribution in [3.8, 4) is 17.2 Å². The molecule has 1 aliphatic heterocycles. The Morgan fingerprint density at radius 3 is 2.14 bits per heavy atom. The number of rotatable bonds is 6. The molecular weight excluding hydrogens is 284 g/mol. The highest BCUT2D eigenvalue weighted by Crippen LogP contribution is 2.38. The van der Waals surface area contributed by atoms with Gasteiger partial charge < -0.3 is 19.5 Å². The van der Waals surface area contributed by atoms with Gasteiger partial charge in [0.1, 0.15) is 0 Å². The third-order valence-corrected chi connectivity index (χ3v) is 3.84. The van der Waals surface area contributed by atoms with Gasteiger partial charge >= 0.3 is 0 Å². The molecule has 1 fully saturated rings. The van der Waals surface area contributed by atoms with Gasteiger partial charge in [-0.1, -0.05) is 6.42 Å². The van der Waals surface area contributed by atoms with E-state index in [1.807, 2.05) is 0 Å². The molecule has 2 rings (SSSR count). The van der Waals surface area contributed by atoms with Crippen molar-refractivity contribution in [3.63, 3.8) is 0 Å². The van der Waals surface area contributed by atoms with Crippen LogP contribution >= 0.6 is 0 Å². The first-order chi connectivity index (χ1) is 10.7. The van der Waals surface area contributed by atoms with E-state index in [2.05, 4.69) is 10.2 Å². The molecule has 0 spiro atoms. The molecule has 1 aromatic carbocycles. The normalized spacial score (nSPS) is 15.2. The number of hydrogen-bond donors (Lipinski definition) is 1. The van der Waals surface area contributed by atoms with E-state index in [-0.39, 0.29) is 5.91 Å². The van der Waals surface area contributed by atoms with Gasteiger partial charge in [-0.05, 0) is 38.1 Å². The molecule has 1 aliphatic rings. The minimum atomic E-state index is -0.148. The fourth-order valence-electron chi connectivity index (χ4n) is 2.62. The average Bonchev–Trinajstić information content (AvgIpc) is 2.59. The lowest BCUT2D eigenvalue weighted by Gasteiger charge is -2.26. The maximum Gasteiger partial charge on any atom is 0.252 e. The number of benzene rings is 1. The summed E-state index contributed by atoms with van der Waals surface area (Å²) in [6.45, 7) is 2.64. The standard InChI is InChI=1S/C16H24N2O4/c1-20-13-9-12(10-14(21-2)15(13)22-3)16(19)17-11-18-7-5-4-6-8-18/h9-10H,4-8,11H2,1-3H3,(H,17,19). The van der Waals surface area contributed by atoms with Crippen LogP contribution in [0.5, 0.6) is 17.2 Å². The summed E-state index contributed by atoms with van der Waals surface area (Å²) in [6, 6.07) is 3.32. The fourth-order valence-corrected chi connectivity index (χ4v) is 2.62. The minimum absolute atomic E-state index is 0.148. The van der Waals surface area contributed by atoms with Crippen molar-refractivity contribution in [2.45, 2.75) is 19.3 Å². The topological polar surface area (TPSA) is 60.0 Å². The minimum Gasteiger partial charge on any atom is -0.493 e. The van der Waals surface area contributed by atoms with E-state index in [1.54, 1.807) is 12.1 Å². The summed E-state index contributed by atoms with van der Waals surface area (Å²) in [6.07, 6.45) is 3.66. The number of nitrogens with one attached hydrogen (secondary N) is 1. The lowest BCUT2D eigenvalue weighted by atomic mass is 10.1. The second kappa shape index (κ2) is 7.89. The number of nitrogens with zero attached hydrogens (tertiary/aromatic N) is 1. The van der Waals surface area contributed by atoms with Crippen LogP contribution < -0.4 is 19.5 Å². The monoisotopic (exact) mass is 308 g/mol. The molecule has 22 heavy (non-hydrogen) atoms. The molecule has 1 aromatic rings. The Bertz CT molecular complexity index is 488. The molecule has 0 unspecified atom stereocenters. The van der Waals surface area contributed by atoms with Crippen molar-refractivity contribution in [3.05, 3.63) is 17.7 Å². The Kier molecular flexibility index (Phi) is 5.89. The molecule has 1 heterocycles. The second-order valence-corrected chi connectivity index (χ2v) is 5.26. The van der Waals surface area contributed by atoms with Crippen LogP contribution in [0.1, 0.15) is 29.6 Å². The first-order valence-corrected chi connectivity index (χ1v) is 7.50. The Labute approximate surface area is 131 Å². The summed E-state index contributed by atoms with van der Waals surface area (Å²) in [4.78, 5) is 14.6. The third kappa shape index (κ3) is 3.82. The fraction of sp³-hybridized carbons (Fsp3) is 0.562. The molecule has 1 N–H and O–H groups in total. The maximum absolute atomic E-state index is 12.3. The quantitative estimate of drug-likeness (QED) is 0.869. The van der Waals surface area contributed by atoms with Crippen LogP contribution in [0.15, 0.2) is 12.1 Å². The van der Waals surface area contributed by atoms with Crippen LogP contribution in [0.3, 0.4) is 0 Å². The summed E-state index contributed by atoms with van der Waals surface area (Å²) in [7, 11) is 4.61. The molecule has 0 bridgehead atoms. The zero-order chi connectivity index (χ0) is 15.9. The van der Waals surface area contributed by atoms with E-state index >= 15 is 0 Å². The molecular formula is C16H24N2O4. The van der Waals surface area contributed by atoms with Crippen molar-refractivity contribution in [2.75, 3.05) is 41.1 Å². The summed E-state index contributed by atoms with van der Waals surface area (Å²) in [5.41, 5.74) is 0.492. The zero-order valence-electron chi connectivity index (χ0n) is 13.5. The van der Waals surface area contributed by atoms with E-state index in [1.165, 1.54) is 40.6 Å². The first-order valence-electron chi connectivity index (χ1n) is 7.50. The highest BCUT2D eigenvalue weighted by molar-refractivity contribution is 5.95. The van der Waals surface area contributed by atoms with Crippen molar-refractivity contribution in [1.29, 1.82) is 0 Å². The number of ether oxygens (including phenoxy) is 3. The summed E-state index contributed by atoms with van der Waals surface area (Å²) < 4.78 is 15.8. The molecule has 0 radical (unpaired) electrons. The van der Waals surface area contributed by atoms with Crippen LogP contribution in [0.4, 0.5) is 0 Å². The van der Waals surface area contributed by atoms with Crippen LogP contribution in [-0.2, 0) is 0 Å². The van der Waals surface area contributed by atoms with E-state index in [0.717, 1.165) is 13.1 Å². The van der Waals surface area contributed by atoms with Gasteiger partial charge in [-0.3, -0.25) is 9.69 Å². The summed E-state index contributed by atoms with van der Waals surface area (Å²) in [5, 5.41) is 2.94. The van der Waals surface area contributed by atoms with Gasteiger partial charge in [0.15, 0.2) is 11.5 Å². The Hall–Kier alpha value is -1.95. The van der Waals surface area contributed by atoms with Crippen molar-refractivity contribution in [1.82, 2.24) is 10.2 Å². The van der Waals surface area contributed by atoms with Crippen LogP contribution in [0, 0.1) is 0 Å². The number of carbonyl (C=O) groups is 1. The molecule has 1 amide bonds. The highest BCUT2D eigenvalue weighted by atomic mass is 16.5. The van der Waals surface area contributed by atoms with Crippen molar-refractivity contribution >= 4 is 5.91 Å². The summed E-state index contributed by atoms with van der Waals surface area (Å²) in [5.74, 6) is 1.29. The average molecular weight is 308 g/mol.